The molecule has 1 aliphatic rings. The lowest BCUT2D eigenvalue weighted by Crippen LogP contribution is -2.35. The summed E-state index contributed by atoms with van der Waals surface area (Å²) < 4.78 is 0. The number of aryl methyl sites for hydroxylation is 1. The van der Waals surface area contributed by atoms with Crippen molar-refractivity contribution >= 4 is 28.3 Å². The van der Waals surface area contributed by atoms with E-state index in [0.717, 1.165) is 36.4 Å². The summed E-state index contributed by atoms with van der Waals surface area (Å²) in [4.78, 5) is 23.6. The minimum absolute atomic E-state index is 0.220. The Balaban J connectivity index is 1.40. The Hall–Kier alpha value is -2.14. The SMILES string of the molecule is O=C(CCc1nc2ccccc2[nH]1)N1CCc2sccc2C1. The first kappa shape index (κ1) is 13.5. The number of imidazole rings is 1. The average molecular weight is 311 g/mol. The molecule has 0 unspecified atom stereocenters. The Kier molecular flexibility index (Phi) is 3.42. The van der Waals surface area contributed by atoms with Gasteiger partial charge < -0.3 is 9.88 Å². The molecule has 0 fully saturated rings. The molecule has 22 heavy (non-hydrogen) atoms. The Morgan fingerprint density at radius 2 is 2.23 bits per heavy atom. The molecule has 0 saturated heterocycles. The number of para-hydroxylation sites is 2. The van der Waals surface area contributed by atoms with Gasteiger partial charge in [-0.2, -0.15) is 0 Å². The maximum atomic E-state index is 12.4. The van der Waals surface area contributed by atoms with Crippen LogP contribution in [0.25, 0.3) is 11.0 Å². The van der Waals surface area contributed by atoms with Crippen molar-refractivity contribution in [3.05, 3.63) is 52.0 Å². The third kappa shape index (κ3) is 2.52. The van der Waals surface area contributed by atoms with E-state index < -0.39 is 0 Å². The molecule has 1 amide bonds. The molecule has 5 heteroatoms. The highest BCUT2D eigenvalue weighted by atomic mass is 32.1. The lowest BCUT2D eigenvalue weighted by atomic mass is 10.1. The summed E-state index contributed by atoms with van der Waals surface area (Å²) in [6.07, 6.45) is 2.17. The number of amides is 1. The molecule has 4 nitrogen and oxygen atoms in total. The van der Waals surface area contributed by atoms with E-state index in [2.05, 4.69) is 21.4 Å². The van der Waals surface area contributed by atoms with Crippen LogP contribution in [0, 0.1) is 0 Å². The van der Waals surface area contributed by atoms with Gasteiger partial charge in [0.2, 0.25) is 5.91 Å². The highest BCUT2D eigenvalue weighted by molar-refractivity contribution is 7.10. The molecule has 0 spiro atoms. The van der Waals surface area contributed by atoms with Crippen LogP contribution in [-0.4, -0.2) is 27.3 Å². The zero-order valence-electron chi connectivity index (χ0n) is 12.2. The second-order valence-corrected chi connectivity index (χ2v) is 6.64. The summed E-state index contributed by atoms with van der Waals surface area (Å²) in [5.74, 6) is 1.11. The van der Waals surface area contributed by atoms with E-state index in [1.807, 2.05) is 29.2 Å². The molecule has 1 N–H and O–H groups in total. The number of benzene rings is 1. The first-order valence-corrected chi connectivity index (χ1v) is 8.44. The van der Waals surface area contributed by atoms with Gasteiger partial charge in [0.15, 0.2) is 0 Å². The minimum atomic E-state index is 0.220. The lowest BCUT2D eigenvalue weighted by Gasteiger charge is -2.27. The number of aromatic nitrogens is 2. The molecular weight excluding hydrogens is 294 g/mol. The summed E-state index contributed by atoms with van der Waals surface area (Å²) in [5.41, 5.74) is 3.31. The van der Waals surface area contributed by atoms with Crippen molar-refractivity contribution in [3.8, 4) is 0 Å². The second kappa shape index (κ2) is 5.57. The molecule has 112 valence electrons. The van der Waals surface area contributed by atoms with Crippen molar-refractivity contribution < 1.29 is 4.79 Å². The van der Waals surface area contributed by atoms with Crippen LogP contribution < -0.4 is 0 Å². The molecule has 0 bridgehead atoms. The van der Waals surface area contributed by atoms with Crippen molar-refractivity contribution in [1.82, 2.24) is 14.9 Å². The van der Waals surface area contributed by atoms with Gasteiger partial charge in [-0.1, -0.05) is 12.1 Å². The third-order valence-electron chi connectivity index (χ3n) is 4.17. The van der Waals surface area contributed by atoms with Gasteiger partial charge in [0.05, 0.1) is 11.0 Å². The predicted molar refractivity (Wildman–Crippen MR) is 87.9 cm³/mol. The molecule has 0 saturated carbocycles. The minimum Gasteiger partial charge on any atom is -0.342 e. The van der Waals surface area contributed by atoms with Crippen LogP contribution in [0.3, 0.4) is 0 Å². The maximum absolute atomic E-state index is 12.4. The first-order chi connectivity index (χ1) is 10.8. The largest absolute Gasteiger partial charge is 0.342 e. The van der Waals surface area contributed by atoms with Gasteiger partial charge in [0.25, 0.3) is 0 Å². The Morgan fingerprint density at radius 1 is 1.32 bits per heavy atom. The lowest BCUT2D eigenvalue weighted by molar-refractivity contribution is -0.132. The van der Waals surface area contributed by atoms with Crippen LogP contribution in [0.1, 0.15) is 22.7 Å². The molecule has 0 radical (unpaired) electrons. The van der Waals surface area contributed by atoms with Crippen LogP contribution in [0.4, 0.5) is 0 Å². The summed E-state index contributed by atoms with van der Waals surface area (Å²) in [6.45, 7) is 1.60. The van der Waals surface area contributed by atoms with E-state index >= 15 is 0 Å². The number of fused-ring (bicyclic) bond motifs is 2. The highest BCUT2D eigenvalue weighted by Gasteiger charge is 2.21. The van der Waals surface area contributed by atoms with Crippen molar-refractivity contribution in [2.24, 2.45) is 0 Å². The van der Waals surface area contributed by atoms with Crippen molar-refractivity contribution in [1.29, 1.82) is 0 Å². The van der Waals surface area contributed by atoms with Gasteiger partial charge in [-0.05, 0) is 35.6 Å². The topological polar surface area (TPSA) is 49.0 Å². The number of carbonyl (C=O) groups excluding carboxylic acids is 1. The number of nitrogens with one attached hydrogen (secondary N) is 1. The summed E-state index contributed by atoms with van der Waals surface area (Å²) >= 11 is 1.80. The highest BCUT2D eigenvalue weighted by Crippen LogP contribution is 2.24. The van der Waals surface area contributed by atoms with E-state index in [0.29, 0.717) is 12.8 Å². The third-order valence-corrected chi connectivity index (χ3v) is 5.20. The van der Waals surface area contributed by atoms with E-state index in [1.165, 1.54) is 10.4 Å². The van der Waals surface area contributed by atoms with Crippen LogP contribution >= 0.6 is 11.3 Å². The summed E-state index contributed by atoms with van der Waals surface area (Å²) in [5, 5.41) is 2.12. The van der Waals surface area contributed by atoms with Crippen LogP contribution in [0.5, 0.6) is 0 Å². The number of hydrogen-bond donors (Lipinski definition) is 1. The molecule has 4 rings (SSSR count). The van der Waals surface area contributed by atoms with Crippen molar-refractivity contribution in [3.63, 3.8) is 0 Å². The number of hydrogen-bond acceptors (Lipinski definition) is 3. The fourth-order valence-corrected chi connectivity index (χ4v) is 3.86. The summed E-state index contributed by atoms with van der Waals surface area (Å²) in [7, 11) is 0. The number of nitrogens with zero attached hydrogens (tertiary/aromatic N) is 2. The van der Waals surface area contributed by atoms with E-state index in [9.17, 15) is 4.79 Å². The number of thiophene rings is 1. The zero-order valence-corrected chi connectivity index (χ0v) is 13.0. The Morgan fingerprint density at radius 3 is 3.14 bits per heavy atom. The first-order valence-electron chi connectivity index (χ1n) is 7.56. The number of carbonyl (C=O) groups is 1. The molecule has 0 aliphatic carbocycles. The fraction of sp³-hybridized carbons (Fsp3) is 0.294. The summed E-state index contributed by atoms with van der Waals surface area (Å²) in [6, 6.07) is 10.1. The molecule has 3 heterocycles. The number of rotatable bonds is 3. The second-order valence-electron chi connectivity index (χ2n) is 5.63. The van der Waals surface area contributed by atoms with Gasteiger partial charge in [-0.15, -0.1) is 11.3 Å². The van der Waals surface area contributed by atoms with E-state index in [1.54, 1.807) is 11.3 Å². The predicted octanol–water partition coefficient (Wildman–Crippen LogP) is 3.14. The smallest absolute Gasteiger partial charge is 0.223 e. The van der Waals surface area contributed by atoms with Crippen LogP contribution in [0.2, 0.25) is 0 Å². The number of H-pyrrole nitrogens is 1. The Labute approximate surface area is 132 Å². The van der Waals surface area contributed by atoms with Gasteiger partial charge in [-0.25, -0.2) is 4.98 Å². The normalized spacial score (nSPS) is 14.3. The van der Waals surface area contributed by atoms with Crippen LogP contribution in [0.15, 0.2) is 35.7 Å². The molecule has 1 aliphatic heterocycles. The molecule has 3 aromatic rings. The van der Waals surface area contributed by atoms with Gasteiger partial charge >= 0.3 is 0 Å². The van der Waals surface area contributed by atoms with Gasteiger partial charge in [0, 0.05) is 30.8 Å². The van der Waals surface area contributed by atoms with Crippen molar-refractivity contribution in [2.75, 3.05) is 6.54 Å². The van der Waals surface area contributed by atoms with Crippen molar-refractivity contribution in [2.45, 2.75) is 25.8 Å². The quantitative estimate of drug-likeness (QED) is 0.808. The van der Waals surface area contributed by atoms with Crippen LogP contribution in [-0.2, 0) is 24.2 Å². The van der Waals surface area contributed by atoms with E-state index in [4.69, 9.17) is 0 Å². The van der Waals surface area contributed by atoms with E-state index in [-0.39, 0.29) is 5.91 Å². The zero-order chi connectivity index (χ0) is 14.9. The fourth-order valence-electron chi connectivity index (χ4n) is 2.97. The van der Waals surface area contributed by atoms with Gasteiger partial charge in [-0.3, -0.25) is 4.79 Å². The molecule has 1 aromatic carbocycles. The standard InChI is InChI=1S/C17H17N3OS/c21-17(20-9-7-15-12(11-20)8-10-22-15)6-5-16-18-13-3-1-2-4-14(13)19-16/h1-4,8,10H,5-7,9,11H2,(H,18,19). The monoisotopic (exact) mass is 311 g/mol. The number of aromatic amines is 1. The molecule has 0 atom stereocenters. The molecular formula is C17H17N3OS. The average Bonchev–Trinajstić information content (AvgIpc) is 3.17. The van der Waals surface area contributed by atoms with Gasteiger partial charge in [0.1, 0.15) is 5.82 Å². The molecule has 2 aromatic heterocycles. The maximum Gasteiger partial charge on any atom is 0.223 e. The Bertz CT molecular complexity index is 787.